The van der Waals surface area contributed by atoms with Gasteiger partial charge in [-0.3, -0.25) is 16.0 Å². The number of hydrogen-bond acceptors (Lipinski definition) is 4. The summed E-state index contributed by atoms with van der Waals surface area (Å²) in [6, 6.07) is 5.92. The second kappa shape index (κ2) is 4.96. The van der Waals surface area contributed by atoms with Gasteiger partial charge in [0.1, 0.15) is 5.76 Å². The van der Waals surface area contributed by atoms with E-state index in [1.54, 1.807) is 12.5 Å². The minimum Gasteiger partial charge on any atom is -0.469 e. The van der Waals surface area contributed by atoms with E-state index in [1.165, 1.54) is 0 Å². The molecule has 2 heterocycles. The van der Waals surface area contributed by atoms with E-state index in [9.17, 15) is 0 Å². The van der Waals surface area contributed by atoms with Crippen molar-refractivity contribution in [1.82, 2.24) is 15.2 Å². The summed E-state index contributed by atoms with van der Waals surface area (Å²) in [6.45, 7) is 0. The minimum atomic E-state index is 0.0950. The molecule has 2 rings (SSSR count). The van der Waals surface area contributed by atoms with Crippen molar-refractivity contribution in [2.45, 2.75) is 18.9 Å². The first-order valence-electron chi connectivity index (χ1n) is 5.27. The highest BCUT2D eigenvalue weighted by Gasteiger charge is 2.13. The summed E-state index contributed by atoms with van der Waals surface area (Å²) in [7, 11) is 1.91. The standard InChI is InChI=1S/C11H16N4O/c1-15-11(6-7-13-15)10(14-12)5-4-9-3-2-8-16-9/h2-3,6-8,10,14H,4-5,12H2,1H3. The Morgan fingerprint density at radius 1 is 1.56 bits per heavy atom. The molecule has 0 spiro atoms. The van der Waals surface area contributed by atoms with Crippen LogP contribution in [0.2, 0.25) is 0 Å². The summed E-state index contributed by atoms with van der Waals surface area (Å²) in [5.41, 5.74) is 3.88. The molecule has 2 aromatic heterocycles. The van der Waals surface area contributed by atoms with Crippen molar-refractivity contribution in [2.24, 2.45) is 12.9 Å². The lowest BCUT2D eigenvalue weighted by Gasteiger charge is -2.15. The first-order valence-corrected chi connectivity index (χ1v) is 5.27. The maximum atomic E-state index is 5.55. The van der Waals surface area contributed by atoms with Crippen LogP contribution >= 0.6 is 0 Å². The van der Waals surface area contributed by atoms with Crippen molar-refractivity contribution in [3.05, 3.63) is 42.1 Å². The van der Waals surface area contributed by atoms with E-state index in [1.807, 2.05) is 29.9 Å². The van der Waals surface area contributed by atoms with Gasteiger partial charge in [0.25, 0.3) is 0 Å². The summed E-state index contributed by atoms with van der Waals surface area (Å²) in [4.78, 5) is 0. The highest BCUT2D eigenvalue weighted by molar-refractivity contribution is 5.07. The smallest absolute Gasteiger partial charge is 0.103 e. The summed E-state index contributed by atoms with van der Waals surface area (Å²) in [5.74, 6) is 6.53. The van der Waals surface area contributed by atoms with Gasteiger partial charge < -0.3 is 4.42 Å². The fraction of sp³-hybridized carbons (Fsp3) is 0.364. The summed E-state index contributed by atoms with van der Waals surface area (Å²) < 4.78 is 7.11. The maximum Gasteiger partial charge on any atom is 0.103 e. The van der Waals surface area contributed by atoms with Crippen LogP contribution in [-0.2, 0) is 13.5 Å². The predicted octanol–water partition coefficient (Wildman–Crippen LogP) is 1.15. The SMILES string of the molecule is Cn1nccc1C(CCc1ccco1)NN. The van der Waals surface area contributed by atoms with Gasteiger partial charge in [0.15, 0.2) is 0 Å². The number of nitrogens with zero attached hydrogens (tertiary/aromatic N) is 2. The van der Waals surface area contributed by atoms with Gasteiger partial charge in [-0.2, -0.15) is 5.10 Å². The van der Waals surface area contributed by atoms with Crippen LogP contribution in [-0.4, -0.2) is 9.78 Å². The predicted molar refractivity (Wildman–Crippen MR) is 60.3 cm³/mol. The number of furan rings is 1. The van der Waals surface area contributed by atoms with E-state index in [2.05, 4.69) is 10.5 Å². The maximum absolute atomic E-state index is 5.55. The van der Waals surface area contributed by atoms with E-state index in [0.29, 0.717) is 0 Å². The Morgan fingerprint density at radius 2 is 2.44 bits per heavy atom. The Balaban J connectivity index is 1.99. The number of hydrazine groups is 1. The average molecular weight is 220 g/mol. The lowest BCUT2D eigenvalue weighted by molar-refractivity contribution is 0.442. The van der Waals surface area contributed by atoms with Crippen molar-refractivity contribution in [3.63, 3.8) is 0 Å². The number of aromatic nitrogens is 2. The lowest BCUT2D eigenvalue weighted by Crippen LogP contribution is -2.29. The van der Waals surface area contributed by atoms with Crippen molar-refractivity contribution in [1.29, 1.82) is 0 Å². The number of aryl methyl sites for hydroxylation is 2. The molecule has 1 unspecified atom stereocenters. The zero-order valence-corrected chi connectivity index (χ0v) is 9.26. The van der Waals surface area contributed by atoms with Gasteiger partial charge >= 0.3 is 0 Å². The van der Waals surface area contributed by atoms with Crippen LogP contribution in [0.4, 0.5) is 0 Å². The van der Waals surface area contributed by atoms with Gasteiger partial charge in [0, 0.05) is 19.7 Å². The Kier molecular flexibility index (Phi) is 3.38. The molecule has 0 saturated carbocycles. The molecule has 0 amide bonds. The molecular weight excluding hydrogens is 204 g/mol. The largest absolute Gasteiger partial charge is 0.469 e. The minimum absolute atomic E-state index is 0.0950. The highest BCUT2D eigenvalue weighted by atomic mass is 16.3. The molecule has 5 nitrogen and oxygen atoms in total. The molecule has 0 fully saturated rings. The molecule has 0 aliphatic rings. The molecule has 86 valence electrons. The zero-order chi connectivity index (χ0) is 11.4. The molecule has 0 bridgehead atoms. The molecular formula is C11H16N4O. The van der Waals surface area contributed by atoms with Crippen molar-refractivity contribution in [2.75, 3.05) is 0 Å². The zero-order valence-electron chi connectivity index (χ0n) is 9.26. The van der Waals surface area contributed by atoms with Crippen LogP contribution in [0.1, 0.15) is 23.9 Å². The molecule has 0 saturated heterocycles. The van der Waals surface area contributed by atoms with Crippen LogP contribution in [0, 0.1) is 0 Å². The Morgan fingerprint density at radius 3 is 3.00 bits per heavy atom. The van der Waals surface area contributed by atoms with Gasteiger partial charge in [0.05, 0.1) is 18.0 Å². The topological polar surface area (TPSA) is 69.0 Å². The second-order valence-corrected chi connectivity index (χ2v) is 3.72. The molecule has 5 heteroatoms. The fourth-order valence-electron chi connectivity index (χ4n) is 1.78. The average Bonchev–Trinajstić information content (AvgIpc) is 2.92. The van der Waals surface area contributed by atoms with Crippen LogP contribution in [0.5, 0.6) is 0 Å². The molecule has 0 aromatic carbocycles. The summed E-state index contributed by atoms with van der Waals surface area (Å²) >= 11 is 0. The van der Waals surface area contributed by atoms with E-state index in [0.717, 1.165) is 24.3 Å². The normalized spacial score (nSPS) is 12.9. The van der Waals surface area contributed by atoms with Gasteiger partial charge in [-0.15, -0.1) is 0 Å². The number of nitrogens with two attached hydrogens (primary N) is 1. The molecule has 0 radical (unpaired) electrons. The van der Waals surface area contributed by atoms with Crippen LogP contribution in [0.3, 0.4) is 0 Å². The van der Waals surface area contributed by atoms with Gasteiger partial charge in [-0.25, -0.2) is 0 Å². The van der Waals surface area contributed by atoms with E-state index >= 15 is 0 Å². The monoisotopic (exact) mass is 220 g/mol. The van der Waals surface area contributed by atoms with Crippen molar-refractivity contribution < 1.29 is 4.42 Å². The Hall–Kier alpha value is -1.59. The fourth-order valence-corrected chi connectivity index (χ4v) is 1.78. The first kappa shape index (κ1) is 10.9. The molecule has 1 atom stereocenters. The third-order valence-electron chi connectivity index (χ3n) is 2.68. The number of nitrogens with one attached hydrogen (secondary N) is 1. The molecule has 0 aliphatic heterocycles. The van der Waals surface area contributed by atoms with Crippen molar-refractivity contribution in [3.8, 4) is 0 Å². The van der Waals surface area contributed by atoms with Crippen molar-refractivity contribution >= 4 is 0 Å². The second-order valence-electron chi connectivity index (χ2n) is 3.72. The Labute approximate surface area is 94.2 Å². The summed E-state index contributed by atoms with van der Waals surface area (Å²) in [6.07, 6.45) is 5.19. The third kappa shape index (κ3) is 2.32. The van der Waals surface area contributed by atoms with E-state index in [4.69, 9.17) is 10.3 Å². The quantitative estimate of drug-likeness (QED) is 0.586. The lowest BCUT2D eigenvalue weighted by atomic mass is 10.1. The van der Waals surface area contributed by atoms with Crippen LogP contribution < -0.4 is 11.3 Å². The molecule has 0 aliphatic carbocycles. The van der Waals surface area contributed by atoms with Crippen LogP contribution in [0.15, 0.2) is 35.1 Å². The highest BCUT2D eigenvalue weighted by Crippen LogP contribution is 2.17. The molecule has 2 aromatic rings. The molecule has 3 N–H and O–H groups in total. The number of hydrogen-bond donors (Lipinski definition) is 2. The first-order chi connectivity index (χ1) is 7.81. The van der Waals surface area contributed by atoms with E-state index in [-0.39, 0.29) is 6.04 Å². The number of rotatable bonds is 5. The van der Waals surface area contributed by atoms with Crippen LogP contribution in [0.25, 0.3) is 0 Å². The van der Waals surface area contributed by atoms with Gasteiger partial charge in [-0.05, 0) is 24.6 Å². The molecule has 16 heavy (non-hydrogen) atoms. The Bertz CT molecular complexity index is 421. The summed E-state index contributed by atoms with van der Waals surface area (Å²) in [5, 5.41) is 4.13. The van der Waals surface area contributed by atoms with Gasteiger partial charge in [0.2, 0.25) is 0 Å². The van der Waals surface area contributed by atoms with E-state index < -0.39 is 0 Å². The van der Waals surface area contributed by atoms with Gasteiger partial charge in [-0.1, -0.05) is 0 Å². The third-order valence-corrected chi connectivity index (χ3v) is 2.68.